The smallest absolute Gasteiger partial charge is 0.337 e. The number of aromatic carboxylic acids is 1. The highest BCUT2D eigenvalue weighted by atomic mass is 16.4. The van der Waals surface area contributed by atoms with Crippen LogP contribution in [0, 0.1) is 11.8 Å². The van der Waals surface area contributed by atoms with Crippen LogP contribution in [-0.4, -0.2) is 20.6 Å². The molecule has 1 aromatic heterocycles. The van der Waals surface area contributed by atoms with E-state index in [0.717, 1.165) is 36.1 Å². The molecule has 1 aromatic carbocycles. The fraction of sp³-hybridized carbons (Fsp3) is 0.467. The summed E-state index contributed by atoms with van der Waals surface area (Å²) in [5.74, 6) is 1.58. The summed E-state index contributed by atoms with van der Waals surface area (Å²) in [7, 11) is 0. The summed E-state index contributed by atoms with van der Waals surface area (Å²) in [6.07, 6.45) is 2.09. The van der Waals surface area contributed by atoms with Crippen molar-refractivity contribution >= 4 is 17.0 Å². The van der Waals surface area contributed by atoms with Crippen LogP contribution in [0.1, 0.15) is 36.5 Å². The number of hydrogen-bond donors (Lipinski definition) is 1. The number of rotatable bonds is 4. The molecule has 0 aliphatic heterocycles. The number of fused-ring (bicyclic) bond motifs is 1. The predicted octanol–water partition coefficient (Wildman–Crippen LogP) is 2.95. The first kappa shape index (κ1) is 12.2. The fourth-order valence-electron chi connectivity index (χ4n) is 2.73. The minimum Gasteiger partial charge on any atom is -0.478 e. The molecule has 4 nitrogen and oxygen atoms in total. The number of para-hydroxylation sites is 1. The van der Waals surface area contributed by atoms with Crippen molar-refractivity contribution in [2.24, 2.45) is 11.8 Å². The topological polar surface area (TPSA) is 55.1 Å². The van der Waals surface area contributed by atoms with Gasteiger partial charge in [-0.25, -0.2) is 9.78 Å². The Hall–Kier alpha value is -1.84. The van der Waals surface area contributed by atoms with Gasteiger partial charge in [0.1, 0.15) is 11.3 Å². The van der Waals surface area contributed by atoms with Gasteiger partial charge in [0.05, 0.1) is 11.1 Å². The van der Waals surface area contributed by atoms with Crippen molar-refractivity contribution in [1.82, 2.24) is 9.55 Å². The average Bonchev–Trinajstić information content (AvgIpc) is 2.96. The van der Waals surface area contributed by atoms with Crippen LogP contribution >= 0.6 is 0 Å². The summed E-state index contributed by atoms with van der Waals surface area (Å²) >= 11 is 0. The Bertz CT molecular complexity index is 645. The maximum Gasteiger partial charge on any atom is 0.337 e. The Morgan fingerprint density at radius 2 is 2.26 bits per heavy atom. The largest absolute Gasteiger partial charge is 0.478 e. The van der Waals surface area contributed by atoms with Gasteiger partial charge in [0.2, 0.25) is 0 Å². The molecule has 100 valence electrons. The summed E-state index contributed by atoms with van der Waals surface area (Å²) < 4.78 is 2.20. The molecule has 1 fully saturated rings. The van der Waals surface area contributed by atoms with Gasteiger partial charge >= 0.3 is 5.97 Å². The van der Waals surface area contributed by atoms with Crippen LogP contribution < -0.4 is 0 Å². The molecule has 1 heterocycles. The lowest BCUT2D eigenvalue weighted by molar-refractivity contribution is 0.0699. The maximum atomic E-state index is 11.3. The molecule has 1 N–H and O–H groups in total. The normalized spacial score (nSPS) is 21.8. The number of benzene rings is 1. The maximum absolute atomic E-state index is 11.3. The Labute approximate surface area is 112 Å². The van der Waals surface area contributed by atoms with Gasteiger partial charge < -0.3 is 9.67 Å². The van der Waals surface area contributed by atoms with Crippen molar-refractivity contribution in [2.45, 2.75) is 33.2 Å². The lowest BCUT2D eigenvalue weighted by Crippen LogP contribution is -2.05. The van der Waals surface area contributed by atoms with Gasteiger partial charge in [-0.1, -0.05) is 19.9 Å². The zero-order chi connectivity index (χ0) is 13.6. The number of carboxylic acids is 1. The van der Waals surface area contributed by atoms with Crippen LogP contribution in [0.4, 0.5) is 0 Å². The highest BCUT2D eigenvalue weighted by molar-refractivity contribution is 6.01. The fourth-order valence-corrected chi connectivity index (χ4v) is 2.73. The number of aromatic nitrogens is 2. The highest BCUT2D eigenvalue weighted by Crippen LogP contribution is 2.40. The molecule has 0 amide bonds. The second kappa shape index (κ2) is 4.37. The first-order valence-corrected chi connectivity index (χ1v) is 6.83. The van der Waals surface area contributed by atoms with Crippen molar-refractivity contribution in [3.8, 4) is 0 Å². The quantitative estimate of drug-likeness (QED) is 0.917. The Morgan fingerprint density at radius 1 is 1.53 bits per heavy atom. The van der Waals surface area contributed by atoms with Gasteiger partial charge in [0.15, 0.2) is 0 Å². The van der Waals surface area contributed by atoms with Crippen LogP contribution in [0.3, 0.4) is 0 Å². The minimum absolute atomic E-state index is 0.301. The second-order valence-electron chi connectivity index (χ2n) is 5.44. The van der Waals surface area contributed by atoms with E-state index in [1.54, 1.807) is 12.1 Å². The first-order valence-electron chi connectivity index (χ1n) is 6.83. The van der Waals surface area contributed by atoms with Crippen molar-refractivity contribution < 1.29 is 9.90 Å². The number of carboxylic acid groups (broad SMARTS) is 1. The van der Waals surface area contributed by atoms with Gasteiger partial charge in [-0.2, -0.15) is 0 Å². The van der Waals surface area contributed by atoms with Crippen molar-refractivity contribution in [3.05, 3.63) is 29.6 Å². The van der Waals surface area contributed by atoms with Gasteiger partial charge in [0.25, 0.3) is 0 Å². The monoisotopic (exact) mass is 258 g/mol. The summed E-state index contributed by atoms with van der Waals surface area (Å²) in [5.41, 5.74) is 1.88. The lowest BCUT2D eigenvalue weighted by atomic mass is 10.2. The van der Waals surface area contributed by atoms with Gasteiger partial charge in [-0.05, 0) is 30.4 Å². The molecule has 1 aliphatic rings. The molecule has 0 spiro atoms. The van der Waals surface area contributed by atoms with E-state index in [9.17, 15) is 9.90 Å². The Morgan fingerprint density at radius 3 is 2.84 bits per heavy atom. The second-order valence-corrected chi connectivity index (χ2v) is 5.44. The molecule has 2 aromatic rings. The van der Waals surface area contributed by atoms with Crippen LogP contribution in [-0.2, 0) is 13.0 Å². The van der Waals surface area contributed by atoms with Crippen LogP contribution in [0.2, 0.25) is 0 Å². The molecule has 4 heteroatoms. The van der Waals surface area contributed by atoms with E-state index in [-0.39, 0.29) is 0 Å². The summed E-state index contributed by atoms with van der Waals surface area (Å²) in [5, 5.41) is 9.24. The highest BCUT2D eigenvalue weighted by Gasteiger charge is 2.33. The Balaban J connectivity index is 2.13. The molecule has 19 heavy (non-hydrogen) atoms. The average molecular weight is 258 g/mol. The molecule has 3 rings (SSSR count). The third kappa shape index (κ3) is 2.01. The summed E-state index contributed by atoms with van der Waals surface area (Å²) in [6.45, 7) is 5.29. The zero-order valence-electron chi connectivity index (χ0n) is 11.3. The summed E-state index contributed by atoms with van der Waals surface area (Å²) in [4.78, 5) is 15.8. The van der Waals surface area contributed by atoms with Crippen LogP contribution in [0.15, 0.2) is 18.2 Å². The van der Waals surface area contributed by atoms with Crippen molar-refractivity contribution in [3.63, 3.8) is 0 Å². The van der Waals surface area contributed by atoms with E-state index >= 15 is 0 Å². The molecule has 2 unspecified atom stereocenters. The molecule has 1 aliphatic carbocycles. The van der Waals surface area contributed by atoms with Gasteiger partial charge in [0, 0.05) is 13.0 Å². The van der Waals surface area contributed by atoms with E-state index < -0.39 is 5.97 Å². The molecular formula is C15H18N2O2. The predicted molar refractivity (Wildman–Crippen MR) is 73.3 cm³/mol. The zero-order valence-corrected chi connectivity index (χ0v) is 11.3. The Kier molecular flexibility index (Phi) is 2.81. The van der Waals surface area contributed by atoms with E-state index in [0.29, 0.717) is 11.1 Å². The number of nitrogens with zero attached hydrogens (tertiary/aromatic N) is 2. The third-order valence-corrected chi connectivity index (χ3v) is 4.10. The lowest BCUT2D eigenvalue weighted by Gasteiger charge is -2.07. The number of imidazole rings is 1. The van der Waals surface area contributed by atoms with E-state index in [4.69, 9.17) is 0 Å². The van der Waals surface area contributed by atoms with Gasteiger partial charge in [-0.3, -0.25) is 0 Å². The van der Waals surface area contributed by atoms with E-state index in [1.165, 1.54) is 6.42 Å². The number of hydrogen-bond acceptors (Lipinski definition) is 2. The molecule has 2 atom stereocenters. The molecular weight excluding hydrogens is 240 g/mol. The number of carbonyl (C=O) groups is 1. The van der Waals surface area contributed by atoms with Crippen LogP contribution in [0.5, 0.6) is 0 Å². The first-order chi connectivity index (χ1) is 9.11. The molecule has 1 saturated carbocycles. The van der Waals surface area contributed by atoms with E-state index in [2.05, 4.69) is 23.4 Å². The minimum atomic E-state index is -0.905. The molecule has 0 saturated heterocycles. The van der Waals surface area contributed by atoms with Crippen molar-refractivity contribution in [2.75, 3.05) is 0 Å². The van der Waals surface area contributed by atoms with E-state index in [1.807, 2.05) is 6.07 Å². The molecule has 0 radical (unpaired) electrons. The van der Waals surface area contributed by atoms with Gasteiger partial charge in [-0.15, -0.1) is 0 Å². The third-order valence-electron chi connectivity index (χ3n) is 4.10. The number of aryl methyl sites for hydroxylation is 1. The standard InChI is InChI=1S/C15H18N2O2/c1-3-13-16-14-11(15(18)19)5-4-6-12(14)17(13)8-10-7-9(10)2/h4-6,9-10H,3,7-8H2,1-2H3,(H,18,19). The SMILES string of the molecule is CCc1nc2c(C(=O)O)cccc2n1CC1CC1C. The van der Waals surface area contributed by atoms with Crippen LogP contribution in [0.25, 0.3) is 11.0 Å². The van der Waals surface area contributed by atoms with Crippen molar-refractivity contribution in [1.29, 1.82) is 0 Å². The molecule has 0 bridgehead atoms. The summed E-state index contributed by atoms with van der Waals surface area (Å²) in [6, 6.07) is 5.40.